The lowest BCUT2D eigenvalue weighted by molar-refractivity contribution is -0.134. The summed E-state index contributed by atoms with van der Waals surface area (Å²) in [5.74, 6) is -0.905. The lowest BCUT2D eigenvalue weighted by Crippen LogP contribution is -2.11. The van der Waals surface area contributed by atoms with E-state index in [1.165, 1.54) is 11.3 Å². The van der Waals surface area contributed by atoms with Crippen molar-refractivity contribution in [2.45, 2.75) is 0 Å². The Labute approximate surface area is 132 Å². The molecule has 0 unspecified atom stereocenters. The zero-order valence-corrected chi connectivity index (χ0v) is 12.5. The molecule has 0 aliphatic rings. The number of hydrogen-bond donors (Lipinski definition) is 2. The molecule has 110 valence electrons. The van der Waals surface area contributed by atoms with Crippen LogP contribution in [0.3, 0.4) is 0 Å². The van der Waals surface area contributed by atoms with Gasteiger partial charge < -0.3 is 10.4 Å². The Morgan fingerprint density at radius 2 is 1.59 bits per heavy atom. The molecule has 0 aliphatic carbocycles. The van der Waals surface area contributed by atoms with E-state index < -0.39 is 5.97 Å². The molecule has 0 saturated carbocycles. The Hall–Kier alpha value is -2.66. The van der Waals surface area contributed by atoms with Gasteiger partial charge in [-0.15, -0.1) is 0 Å². The van der Waals surface area contributed by atoms with E-state index in [1.54, 1.807) is 0 Å². The molecule has 3 aromatic rings. The van der Waals surface area contributed by atoms with E-state index in [0.29, 0.717) is 5.13 Å². The molecule has 0 aliphatic heterocycles. The summed E-state index contributed by atoms with van der Waals surface area (Å²) in [4.78, 5) is 16.3. The summed E-state index contributed by atoms with van der Waals surface area (Å²) in [6, 6.07) is 19.9. The minimum absolute atomic E-state index is 0.143. The van der Waals surface area contributed by atoms with Gasteiger partial charge in [0, 0.05) is 5.56 Å². The second-order valence-corrected chi connectivity index (χ2v) is 5.68. The molecule has 4 nitrogen and oxygen atoms in total. The third-order valence-electron chi connectivity index (χ3n) is 3.10. The first-order valence-corrected chi connectivity index (χ1v) is 7.63. The van der Waals surface area contributed by atoms with Crippen molar-refractivity contribution in [2.24, 2.45) is 0 Å². The zero-order valence-electron chi connectivity index (χ0n) is 11.7. The van der Waals surface area contributed by atoms with Gasteiger partial charge in [-0.2, -0.15) is 0 Å². The Bertz CT molecular complexity index is 713. The summed E-state index contributed by atoms with van der Waals surface area (Å²) in [7, 11) is 0. The van der Waals surface area contributed by atoms with Crippen molar-refractivity contribution >= 4 is 22.4 Å². The number of nitrogens with zero attached hydrogens (tertiary/aromatic N) is 1. The van der Waals surface area contributed by atoms with Crippen molar-refractivity contribution in [1.29, 1.82) is 0 Å². The van der Waals surface area contributed by atoms with E-state index in [9.17, 15) is 4.79 Å². The second-order valence-electron chi connectivity index (χ2n) is 4.68. The third-order valence-corrected chi connectivity index (χ3v) is 4.16. The summed E-state index contributed by atoms with van der Waals surface area (Å²) in [6.45, 7) is -0.143. The molecular weight excluding hydrogens is 296 g/mol. The minimum atomic E-state index is -0.905. The minimum Gasteiger partial charge on any atom is -0.480 e. The van der Waals surface area contributed by atoms with Crippen LogP contribution in [0, 0.1) is 0 Å². The van der Waals surface area contributed by atoms with Crippen molar-refractivity contribution in [3.8, 4) is 21.7 Å². The van der Waals surface area contributed by atoms with E-state index in [1.807, 2.05) is 60.7 Å². The second kappa shape index (κ2) is 6.41. The summed E-state index contributed by atoms with van der Waals surface area (Å²) in [5, 5.41) is 12.3. The van der Waals surface area contributed by atoms with Crippen molar-refractivity contribution in [2.75, 3.05) is 11.9 Å². The molecule has 2 aromatic carbocycles. The van der Waals surface area contributed by atoms with Gasteiger partial charge in [0.2, 0.25) is 0 Å². The SMILES string of the molecule is O=C(O)CNc1nc(-c2ccccc2)c(-c2ccccc2)s1. The maximum atomic E-state index is 10.7. The molecule has 0 saturated heterocycles. The molecule has 5 heteroatoms. The number of benzene rings is 2. The van der Waals surface area contributed by atoms with E-state index in [2.05, 4.69) is 10.3 Å². The van der Waals surface area contributed by atoms with Crippen LogP contribution >= 0.6 is 11.3 Å². The maximum absolute atomic E-state index is 10.7. The van der Waals surface area contributed by atoms with Crippen LogP contribution in [0.15, 0.2) is 60.7 Å². The van der Waals surface area contributed by atoms with Gasteiger partial charge in [-0.05, 0) is 5.56 Å². The summed E-state index contributed by atoms with van der Waals surface area (Å²) in [5.41, 5.74) is 2.95. The number of carbonyl (C=O) groups is 1. The number of aliphatic carboxylic acids is 1. The molecule has 22 heavy (non-hydrogen) atoms. The van der Waals surface area contributed by atoms with Crippen LogP contribution < -0.4 is 5.32 Å². The number of thiazole rings is 1. The zero-order chi connectivity index (χ0) is 15.4. The van der Waals surface area contributed by atoms with Gasteiger partial charge in [0.15, 0.2) is 5.13 Å². The van der Waals surface area contributed by atoms with Crippen molar-refractivity contribution < 1.29 is 9.90 Å². The first-order valence-electron chi connectivity index (χ1n) is 6.81. The van der Waals surface area contributed by atoms with Gasteiger partial charge >= 0.3 is 5.97 Å². The fraction of sp³-hybridized carbons (Fsp3) is 0.0588. The Balaban J connectivity index is 2.04. The van der Waals surface area contributed by atoms with Crippen molar-refractivity contribution in [3.63, 3.8) is 0 Å². The summed E-state index contributed by atoms with van der Waals surface area (Å²) in [6.07, 6.45) is 0. The molecule has 0 bridgehead atoms. The number of rotatable bonds is 5. The third kappa shape index (κ3) is 3.15. The standard InChI is InChI=1S/C17H14N2O2S/c20-14(21)11-18-17-19-15(12-7-3-1-4-8-12)16(22-17)13-9-5-2-6-10-13/h1-10H,11H2,(H,18,19)(H,20,21). The predicted octanol–water partition coefficient (Wildman–Crippen LogP) is 3.97. The normalized spacial score (nSPS) is 10.4. The van der Waals surface area contributed by atoms with Gasteiger partial charge in [0.05, 0.1) is 10.6 Å². The van der Waals surface area contributed by atoms with Crippen LogP contribution in [0.1, 0.15) is 0 Å². The van der Waals surface area contributed by atoms with Crippen LogP contribution in [0.4, 0.5) is 5.13 Å². The maximum Gasteiger partial charge on any atom is 0.322 e. The van der Waals surface area contributed by atoms with Crippen molar-refractivity contribution in [3.05, 3.63) is 60.7 Å². The number of carboxylic acid groups (broad SMARTS) is 1. The van der Waals surface area contributed by atoms with Crippen LogP contribution in [0.25, 0.3) is 21.7 Å². The molecule has 0 spiro atoms. The largest absolute Gasteiger partial charge is 0.480 e. The number of anilines is 1. The fourth-order valence-corrected chi connectivity index (χ4v) is 3.11. The first-order chi connectivity index (χ1) is 10.7. The lowest BCUT2D eigenvalue weighted by Gasteiger charge is -2.02. The van der Waals surface area contributed by atoms with E-state index in [4.69, 9.17) is 5.11 Å². The summed E-state index contributed by atoms with van der Waals surface area (Å²) >= 11 is 1.46. The quantitative estimate of drug-likeness (QED) is 0.748. The number of hydrogen-bond acceptors (Lipinski definition) is 4. The molecular formula is C17H14N2O2S. The average molecular weight is 310 g/mol. The predicted molar refractivity (Wildman–Crippen MR) is 89.1 cm³/mol. The highest BCUT2D eigenvalue weighted by molar-refractivity contribution is 7.19. The van der Waals surface area contributed by atoms with Crippen LogP contribution in [0.2, 0.25) is 0 Å². The molecule has 0 fully saturated rings. The smallest absolute Gasteiger partial charge is 0.322 e. The topological polar surface area (TPSA) is 62.2 Å². The first kappa shape index (κ1) is 14.3. The Morgan fingerprint density at radius 3 is 2.18 bits per heavy atom. The summed E-state index contributed by atoms with van der Waals surface area (Å²) < 4.78 is 0. The number of nitrogens with one attached hydrogen (secondary N) is 1. The Morgan fingerprint density at radius 1 is 1.00 bits per heavy atom. The average Bonchev–Trinajstić information content (AvgIpc) is 2.99. The van der Waals surface area contributed by atoms with Gasteiger partial charge in [-0.1, -0.05) is 72.0 Å². The van der Waals surface area contributed by atoms with Gasteiger partial charge in [0.25, 0.3) is 0 Å². The Kier molecular flexibility index (Phi) is 4.16. The molecule has 2 N–H and O–H groups in total. The van der Waals surface area contributed by atoms with Gasteiger partial charge in [0.1, 0.15) is 6.54 Å². The van der Waals surface area contributed by atoms with Crippen LogP contribution in [0.5, 0.6) is 0 Å². The van der Waals surface area contributed by atoms with Crippen LogP contribution in [-0.4, -0.2) is 22.6 Å². The molecule has 0 radical (unpaired) electrons. The number of carboxylic acids is 1. The van der Waals surface area contributed by atoms with Crippen LogP contribution in [-0.2, 0) is 4.79 Å². The molecule has 1 aromatic heterocycles. The molecule has 1 heterocycles. The highest BCUT2D eigenvalue weighted by Gasteiger charge is 2.14. The fourth-order valence-electron chi connectivity index (χ4n) is 2.12. The van der Waals surface area contributed by atoms with E-state index >= 15 is 0 Å². The number of aromatic nitrogens is 1. The van der Waals surface area contributed by atoms with Gasteiger partial charge in [-0.3, -0.25) is 4.79 Å². The monoisotopic (exact) mass is 310 g/mol. The van der Waals surface area contributed by atoms with E-state index in [-0.39, 0.29) is 6.54 Å². The lowest BCUT2D eigenvalue weighted by atomic mass is 10.1. The highest BCUT2D eigenvalue weighted by Crippen LogP contribution is 2.38. The molecule has 3 rings (SSSR count). The molecule has 0 atom stereocenters. The van der Waals surface area contributed by atoms with Gasteiger partial charge in [-0.25, -0.2) is 4.98 Å². The van der Waals surface area contributed by atoms with E-state index in [0.717, 1.165) is 21.7 Å². The van der Waals surface area contributed by atoms with Crippen molar-refractivity contribution in [1.82, 2.24) is 4.98 Å². The molecule has 0 amide bonds. The highest BCUT2D eigenvalue weighted by atomic mass is 32.1.